The zero-order chi connectivity index (χ0) is 15.2. The molecule has 21 heavy (non-hydrogen) atoms. The number of nitrogens with zero attached hydrogens (tertiary/aromatic N) is 2. The molecule has 0 saturated heterocycles. The number of carboxylic acids is 1. The maximum atomic E-state index is 12.3. The van der Waals surface area contributed by atoms with Crippen LogP contribution in [0.25, 0.3) is 0 Å². The van der Waals surface area contributed by atoms with Crippen molar-refractivity contribution in [2.24, 2.45) is 0 Å². The Kier molecular flexibility index (Phi) is 4.90. The highest BCUT2D eigenvalue weighted by Crippen LogP contribution is 2.13. The van der Waals surface area contributed by atoms with Gasteiger partial charge in [-0.25, -0.2) is 0 Å². The Morgan fingerprint density at radius 2 is 1.86 bits per heavy atom. The van der Waals surface area contributed by atoms with Crippen LogP contribution in [0.3, 0.4) is 0 Å². The van der Waals surface area contributed by atoms with Gasteiger partial charge in [-0.1, -0.05) is 29.8 Å². The van der Waals surface area contributed by atoms with Gasteiger partial charge in [0.2, 0.25) is 0 Å². The molecule has 0 aliphatic carbocycles. The largest absolute Gasteiger partial charge is 0.480 e. The zero-order valence-electron chi connectivity index (χ0n) is 11.1. The van der Waals surface area contributed by atoms with Crippen LogP contribution in [0.4, 0.5) is 0 Å². The molecule has 0 radical (unpaired) electrons. The molecular formula is C15H13ClN2O3. The fourth-order valence-electron chi connectivity index (χ4n) is 1.82. The van der Waals surface area contributed by atoms with E-state index < -0.39 is 18.4 Å². The average molecular weight is 305 g/mol. The van der Waals surface area contributed by atoms with Gasteiger partial charge in [-0.2, -0.15) is 0 Å². The lowest BCUT2D eigenvalue weighted by atomic mass is 10.2. The topological polar surface area (TPSA) is 70.5 Å². The van der Waals surface area contributed by atoms with E-state index in [0.717, 1.165) is 5.56 Å². The SMILES string of the molecule is O=C(O)CN(Cc1ccc(Cl)cc1)C(=O)c1ccccn1. The van der Waals surface area contributed by atoms with Gasteiger partial charge in [0.05, 0.1) is 0 Å². The first kappa shape index (κ1) is 15.0. The molecule has 2 rings (SSSR count). The highest BCUT2D eigenvalue weighted by atomic mass is 35.5. The van der Waals surface area contributed by atoms with Crippen molar-refractivity contribution >= 4 is 23.5 Å². The van der Waals surface area contributed by atoms with Crippen LogP contribution < -0.4 is 0 Å². The maximum absolute atomic E-state index is 12.3. The van der Waals surface area contributed by atoms with Crippen molar-refractivity contribution in [3.05, 3.63) is 64.9 Å². The standard InChI is InChI=1S/C15H13ClN2O3/c16-12-6-4-11(5-7-12)9-18(10-14(19)20)15(21)13-3-1-2-8-17-13/h1-8H,9-10H2,(H,19,20). The van der Waals surface area contributed by atoms with Crippen molar-refractivity contribution in [1.82, 2.24) is 9.88 Å². The number of carbonyl (C=O) groups excluding carboxylic acids is 1. The Morgan fingerprint density at radius 3 is 2.43 bits per heavy atom. The van der Waals surface area contributed by atoms with Crippen molar-refractivity contribution in [3.8, 4) is 0 Å². The molecule has 1 aromatic carbocycles. The molecule has 2 aromatic rings. The quantitative estimate of drug-likeness (QED) is 0.921. The number of rotatable bonds is 5. The van der Waals surface area contributed by atoms with Crippen LogP contribution in [-0.4, -0.2) is 33.4 Å². The van der Waals surface area contributed by atoms with E-state index in [0.29, 0.717) is 5.02 Å². The third-order valence-electron chi connectivity index (χ3n) is 2.78. The Morgan fingerprint density at radius 1 is 1.14 bits per heavy atom. The fraction of sp³-hybridized carbons (Fsp3) is 0.133. The molecule has 0 saturated carbocycles. The van der Waals surface area contributed by atoms with Gasteiger partial charge in [0, 0.05) is 17.8 Å². The number of pyridine rings is 1. The molecule has 0 unspecified atom stereocenters. The molecule has 1 N–H and O–H groups in total. The number of carboxylic acid groups (broad SMARTS) is 1. The van der Waals surface area contributed by atoms with Crippen LogP contribution in [-0.2, 0) is 11.3 Å². The lowest BCUT2D eigenvalue weighted by molar-refractivity contribution is -0.137. The van der Waals surface area contributed by atoms with E-state index in [9.17, 15) is 9.59 Å². The first-order chi connectivity index (χ1) is 10.1. The monoisotopic (exact) mass is 304 g/mol. The predicted molar refractivity (Wildman–Crippen MR) is 78.1 cm³/mol. The third kappa shape index (κ3) is 4.29. The minimum Gasteiger partial charge on any atom is -0.480 e. The summed E-state index contributed by atoms with van der Waals surface area (Å²) in [4.78, 5) is 28.5. The van der Waals surface area contributed by atoms with Crippen molar-refractivity contribution in [2.45, 2.75) is 6.54 Å². The van der Waals surface area contributed by atoms with E-state index in [1.165, 1.54) is 11.1 Å². The summed E-state index contributed by atoms with van der Waals surface area (Å²) in [6.07, 6.45) is 1.49. The maximum Gasteiger partial charge on any atom is 0.323 e. The highest BCUT2D eigenvalue weighted by molar-refractivity contribution is 6.30. The van der Waals surface area contributed by atoms with E-state index in [-0.39, 0.29) is 12.2 Å². The summed E-state index contributed by atoms with van der Waals surface area (Å²) in [5.41, 5.74) is 1.01. The first-order valence-corrected chi connectivity index (χ1v) is 6.60. The molecule has 0 fully saturated rings. The third-order valence-corrected chi connectivity index (χ3v) is 3.04. The van der Waals surface area contributed by atoms with Crippen molar-refractivity contribution < 1.29 is 14.7 Å². The molecule has 0 aliphatic heterocycles. The lowest BCUT2D eigenvalue weighted by Gasteiger charge is -2.20. The molecule has 0 atom stereocenters. The van der Waals surface area contributed by atoms with E-state index >= 15 is 0 Å². The lowest BCUT2D eigenvalue weighted by Crippen LogP contribution is -2.35. The second kappa shape index (κ2) is 6.85. The summed E-state index contributed by atoms with van der Waals surface area (Å²) in [6.45, 7) is -0.211. The summed E-state index contributed by atoms with van der Waals surface area (Å²) in [5.74, 6) is -1.50. The van der Waals surface area contributed by atoms with Gasteiger partial charge in [0.15, 0.2) is 0 Å². The molecule has 0 aliphatic rings. The molecule has 6 heteroatoms. The number of benzene rings is 1. The smallest absolute Gasteiger partial charge is 0.323 e. The molecule has 1 aromatic heterocycles. The molecule has 1 heterocycles. The predicted octanol–water partition coefficient (Wildman–Crippen LogP) is 2.46. The molecule has 1 amide bonds. The van der Waals surface area contributed by atoms with Gasteiger partial charge in [-0.3, -0.25) is 14.6 Å². The minimum absolute atomic E-state index is 0.179. The number of aliphatic carboxylic acids is 1. The van der Waals surface area contributed by atoms with E-state index in [4.69, 9.17) is 16.7 Å². The summed E-state index contributed by atoms with van der Waals surface area (Å²) in [7, 11) is 0. The Bertz CT molecular complexity index is 629. The second-order valence-electron chi connectivity index (χ2n) is 4.40. The van der Waals surface area contributed by atoms with Crippen molar-refractivity contribution in [1.29, 1.82) is 0 Å². The van der Waals surface area contributed by atoms with Crippen LogP contribution >= 0.6 is 11.6 Å². The van der Waals surface area contributed by atoms with E-state index in [1.54, 1.807) is 42.5 Å². The summed E-state index contributed by atoms with van der Waals surface area (Å²) in [6, 6.07) is 11.8. The van der Waals surface area contributed by atoms with Crippen LogP contribution in [0.5, 0.6) is 0 Å². The Hall–Kier alpha value is -2.40. The van der Waals surface area contributed by atoms with Gasteiger partial charge in [0.25, 0.3) is 5.91 Å². The molecular weight excluding hydrogens is 292 g/mol. The molecule has 5 nitrogen and oxygen atoms in total. The number of hydrogen-bond donors (Lipinski definition) is 1. The minimum atomic E-state index is -1.08. The van der Waals surface area contributed by atoms with Crippen LogP contribution in [0.1, 0.15) is 16.1 Å². The van der Waals surface area contributed by atoms with Crippen molar-refractivity contribution in [2.75, 3.05) is 6.54 Å². The Labute approximate surface area is 126 Å². The Balaban J connectivity index is 2.20. The van der Waals surface area contributed by atoms with Crippen LogP contribution in [0.15, 0.2) is 48.7 Å². The summed E-state index contributed by atoms with van der Waals surface area (Å²) >= 11 is 5.81. The van der Waals surface area contributed by atoms with Gasteiger partial charge in [-0.15, -0.1) is 0 Å². The number of hydrogen-bond acceptors (Lipinski definition) is 3. The second-order valence-corrected chi connectivity index (χ2v) is 4.83. The highest BCUT2D eigenvalue weighted by Gasteiger charge is 2.19. The number of carbonyl (C=O) groups is 2. The van der Waals surface area contributed by atoms with Gasteiger partial charge in [0.1, 0.15) is 12.2 Å². The zero-order valence-corrected chi connectivity index (χ0v) is 11.8. The van der Waals surface area contributed by atoms with Crippen LogP contribution in [0.2, 0.25) is 5.02 Å². The molecule has 0 spiro atoms. The summed E-state index contributed by atoms with van der Waals surface area (Å²) in [5, 5.41) is 9.55. The number of halogens is 1. The van der Waals surface area contributed by atoms with Gasteiger partial charge in [-0.05, 0) is 29.8 Å². The van der Waals surface area contributed by atoms with Crippen LogP contribution in [0, 0.1) is 0 Å². The van der Waals surface area contributed by atoms with Gasteiger partial charge < -0.3 is 10.0 Å². The molecule has 108 valence electrons. The number of aromatic nitrogens is 1. The molecule has 0 bridgehead atoms. The van der Waals surface area contributed by atoms with Gasteiger partial charge >= 0.3 is 5.97 Å². The first-order valence-electron chi connectivity index (χ1n) is 6.23. The van der Waals surface area contributed by atoms with E-state index in [2.05, 4.69) is 4.98 Å². The average Bonchev–Trinajstić information content (AvgIpc) is 2.48. The number of amides is 1. The summed E-state index contributed by atoms with van der Waals surface area (Å²) < 4.78 is 0. The van der Waals surface area contributed by atoms with Crippen molar-refractivity contribution in [3.63, 3.8) is 0 Å². The normalized spacial score (nSPS) is 10.1. The van der Waals surface area contributed by atoms with E-state index in [1.807, 2.05) is 0 Å². The fourth-order valence-corrected chi connectivity index (χ4v) is 1.95.